The van der Waals surface area contributed by atoms with E-state index in [1.807, 2.05) is 18.2 Å². The van der Waals surface area contributed by atoms with Crippen molar-refractivity contribution in [2.75, 3.05) is 20.3 Å². The third-order valence-electron chi connectivity index (χ3n) is 3.04. The van der Waals surface area contributed by atoms with E-state index in [-0.39, 0.29) is 12.1 Å². The van der Waals surface area contributed by atoms with Crippen molar-refractivity contribution >= 4 is 0 Å². The first-order valence-corrected chi connectivity index (χ1v) is 6.58. The zero-order chi connectivity index (χ0) is 13.4. The van der Waals surface area contributed by atoms with Gasteiger partial charge in [0.1, 0.15) is 0 Å². The molecule has 0 heterocycles. The summed E-state index contributed by atoms with van der Waals surface area (Å²) in [7, 11) is 1.70. The minimum Gasteiger partial charge on any atom is -0.385 e. The number of nitrogens with two attached hydrogens (primary N) is 1. The smallest absolute Gasteiger partial charge is 0.0978 e. The summed E-state index contributed by atoms with van der Waals surface area (Å²) in [5.41, 5.74) is 7.40. The maximum atomic E-state index is 6.25. The minimum atomic E-state index is -0.0388. The largest absolute Gasteiger partial charge is 0.385 e. The Morgan fingerprint density at radius 2 is 1.78 bits per heavy atom. The van der Waals surface area contributed by atoms with Gasteiger partial charge in [0.2, 0.25) is 0 Å². The van der Waals surface area contributed by atoms with E-state index in [1.54, 1.807) is 7.11 Å². The number of methoxy groups -OCH3 is 1. The molecule has 1 aromatic carbocycles. The first-order valence-electron chi connectivity index (χ1n) is 6.58. The zero-order valence-corrected chi connectivity index (χ0v) is 11.6. The maximum absolute atomic E-state index is 6.25. The van der Waals surface area contributed by atoms with E-state index in [2.05, 4.69) is 26.0 Å². The van der Waals surface area contributed by atoms with Gasteiger partial charge in [-0.1, -0.05) is 44.2 Å². The number of rotatable bonds is 8. The first-order chi connectivity index (χ1) is 8.66. The van der Waals surface area contributed by atoms with Crippen molar-refractivity contribution in [3.05, 3.63) is 35.9 Å². The van der Waals surface area contributed by atoms with Gasteiger partial charge in [-0.2, -0.15) is 0 Å². The molecule has 0 aromatic heterocycles. The van der Waals surface area contributed by atoms with Crippen LogP contribution in [0.25, 0.3) is 0 Å². The number of hydrogen-bond donors (Lipinski definition) is 1. The Hall–Kier alpha value is -0.900. The second-order valence-corrected chi connectivity index (χ2v) is 4.87. The molecule has 1 aromatic rings. The van der Waals surface area contributed by atoms with Gasteiger partial charge in [0.25, 0.3) is 0 Å². The van der Waals surface area contributed by atoms with Crippen LogP contribution in [0, 0.1) is 5.92 Å². The van der Waals surface area contributed by atoms with Crippen LogP contribution < -0.4 is 5.73 Å². The quantitative estimate of drug-likeness (QED) is 0.723. The highest BCUT2D eigenvalue weighted by Crippen LogP contribution is 2.24. The number of hydrogen-bond acceptors (Lipinski definition) is 3. The molecule has 0 amide bonds. The van der Waals surface area contributed by atoms with Crippen molar-refractivity contribution in [2.24, 2.45) is 11.7 Å². The van der Waals surface area contributed by atoms with Crippen LogP contribution in [0.2, 0.25) is 0 Å². The summed E-state index contributed by atoms with van der Waals surface area (Å²) >= 11 is 0. The van der Waals surface area contributed by atoms with E-state index in [1.165, 1.54) is 0 Å². The first kappa shape index (κ1) is 15.2. The Balaban J connectivity index is 2.64. The van der Waals surface area contributed by atoms with Crippen molar-refractivity contribution in [1.29, 1.82) is 0 Å². The van der Waals surface area contributed by atoms with Crippen molar-refractivity contribution in [2.45, 2.75) is 32.4 Å². The topological polar surface area (TPSA) is 44.5 Å². The predicted octanol–water partition coefficient (Wildman–Crippen LogP) is 2.76. The molecule has 1 rings (SSSR count). The Labute approximate surface area is 110 Å². The predicted molar refractivity (Wildman–Crippen MR) is 74.4 cm³/mol. The van der Waals surface area contributed by atoms with E-state index in [0.717, 1.165) is 18.6 Å². The summed E-state index contributed by atoms with van der Waals surface area (Å²) in [5, 5.41) is 0. The molecule has 0 saturated heterocycles. The molecule has 0 aliphatic heterocycles. The molecule has 102 valence electrons. The Morgan fingerprint density at radius 1 is 1.11 bits per heavy atom. The fourth-order valence-electron chi connectivity index (χ4n) is 1.84. The van der Waals surface area contributed by atoms with Crippen molar-refractivity contribution < 1.29 is 9.47 Å². The van der Waals surface area contributed by atoms with E-state index in [9.17, 15) is 0 Å². The van der Waals surface area contributed by atoms with Crippen molar-refractivity contribution in [3.63, 3.8) is 0 Å². The molecular weight excluding hydrogens is 226 g/mol. The third kappa shape index (κ3) is 4.77. The van der Waals surface area contributed by atoms with Crippen LogP contribution in [-0.2, 0) is 9.47 Å². The second-order valence-electron chi connectivity index (χ2n) is 4.87. The summed E-state index contributed by atoms with van der Waals surface area (Å²) < 4.78 is 11.0. The number of benzene rings is 1. The molecule has 2 atom stereocenters. The highest BCUT2D eigenvalue weighted by molar-refractivity contribution is 5.19. The molecule has 0 bridgehead atoms. The summed E-state index contributed by atoms with van der Waals surface area (Å²) in [4.78, 5) is 0. The SMILES string of the molecule is COCCCOC(c1ccccc1)C(N)C(C)C. The second kappa shape index (κ2) is 8.25. The van der Waals surface area contributed by atoms with Gasteiger partial charge in [0.05, 0.1) is 6.10 Å². The molecule has 0 saturated carbocycles. The summed E-state index contributed by atoms with van der Waals surface area (Å²) in [5.74, 6) is 0.387. The summed E-state index contributed by atoms with van der Waals surface area (Å²) in [6.45, 7) is 5.64. The van der Waals surface area contributed by atoms with Crippen LogP contribution in [0.15, 0.2) is 30.3 Å². The standard InChI is InChI=1S/C15H25NO2/c1-12(2)14(16)15(18-11-7-10-17-3)13-8-5-4-6-9-13/h4-6,8-9,12,14-15H,7,10-11,16H2,1-3H3. The molecule has 0 fully saturated rings. The van der Waals surface area contributed by atoms with E-state index < -0.39 is 0 Å². The molecule has 3 heteroatoms. The molecule has 0 spiro atoms. The zero-order valence-electron chi connectivity index (χ0n) is 11.6. The molecular formula is C15H25NO2. The molecule has 18 heavy (non-hydrogen) atoms. The van der Waals surface area contributed by atoms with Gasteiger partial charge in [-0.3, -0.25) is 0 Å². The monoisotopic (exact) mass is 251 g/mol. The van der Waals surface area contributed by atoms with E-state index >= 15 is 0 Å². The summed E-state index contributed by atoms with van der Waals surface area (Å²) in [6.07, 6.45) is 0.855. The lowest BCUT2D eigenvalue weighted by Crippen LogP contribution is -2.35. The van der Waals surface area contributed by atoms with Crippen LogP contribution in [0.3, 0.4) is 0 Å². The maximum Gasteiger partial charge on any atom is 0.0978 e. The normalized spacial score (nSPS) is 14.7. The van der Waals surface area contributed by atoms with Gasteiger partial charge in [0.15, 0.2) is 0 Å². The van der Waals surface area contributed by atoms with Crippen LogP contribution in [0.4, 0.5) is 0 Å². The van der Waals surface area contributed by atoms with Crippen LogP contribution in [0.1, 0.15) is 31.9 Å². The Kier molecular flexibility index (Phi) is 6.94. The highest BCUT2D eigenvalue weighted by atomic mass is 16.5. The van der Waals surface area contributed by atoms with Gasteiger partial charge in [-0.25, -0.2) is 0 Å². The molecule has 3 nitrogen and oxygen atoms in total. The average molecular weight is 251 g/mol. The van der Waals surface area contributed by atoms with Crippen molar-refractivity contribution in [3.8, 4) is 0 Å². The molecule has 0 aliphatic rings. The fourth-order valence-corrected chi connectivity index (χ4v) is 1.84. The molecule has 2 N–H and O–H groups in total. The molecule has 2 unspecified atom stereocenters. The van der Waals surface area contributed by atoms with Gasteiger partial charge >= 0.3 is 0 Å². The minimum absolute atomic E-state index is 0.00921. The molecule has 0 aliphatic carbocycles. The summed E-state index contributed by atoms with van der Waals surface area (Å²) in [6, 6.07) is 10.2. The van der Waals surface area contributed by atoms with Gasteiger partial charge in [-0.05, 0) is 17.9 Å². The lowest BCUT2D eigenvalue weighted by molar-refractivity contribution is 0.0137. The third-order valence-corrected chi connectivity index (χ3v) is 3.04. The Morgan fingerprint density at radius 3 is 2.33 bits per heavy atom. The Bertz CT molecular complexity index is 314. The molecule has 0 radical (unpaired) electrons. The van der Waals surface area contributed by atoms with Crippen LogP contribution in [-0.4, -0.2) is 26.4 Å². The highest BCUT2D eigenvalue weighted by Gasteiger charge is 2.22. The van der Waals surface area contributed by atoms with E-state index in [4.69, 9.17) is 15.2 Å². The van der Waals surface area contributed by atoms with Gasteiger partial charge in [0, 0.05) is 26.4 Å². The lowest BCUT2D eigenvalue weighted by atomic mass is 9.94. The van der Waals surface area contributed by atoms with Crippen LogP contribution in [0.5, 0.6) is 0 Å². The van der Waals surface area contributed by atoms with Crippen LogP contribution >= 0.6 is 0 Å². The van der Waals surface area contributed by atoms with Gasteiger partial charge < -0.3 is 15.2 Å². The number of ether oxygens (including phenoxy) is 2. The van der Waals surface area contributed by atoms with Gasteiger partial charge in [-0.15, -0.1) is 0 Å². The lowest BCUT2D eigenvalue weighted by Gasteiger charge is -2.27. The fraction of sp³-hybridized carbons (Fsp3) is 0.600. The van der Waals surface area contributed by atoms with E-state index in [0.29, 0.717) is 12.5 Å². The van der Waals surface area contributed by atoms with Crippen molar-refractivity contribution in [1.82, 2.24) is 0 Å². The average Bonchev–Trinajstić information content (AvgIpc) is 2.39.